The number of aliphatic hydroxyl groups excluding tert-OH is 1. The molecule has 30 heavy (non-hydrogen) atoms. The van der Waals surface area contributed by atoms with Crippen molar-refractivity contribution in [3.05, 3.63) is 71.7 Å². The van der Waals surface area contributed by atoms with Crippen molar-refractivity contribution in [1.82, 2.24) is 19.9 Å². The molecule has 0 saturated carbocycles. The van der Waals surface area contributed by atoms with Crippen molar-refractivity contribution in [1.29, 1.82) is 0 Å². The van der Waals surface area contributed by atoms with Crippen molar-refractivity contribution in [2.75, 3.05) is 13.1 Å². The van der Waals surface area contributed by atoms with Crippen LogP contribution in [0.5, 0.6) is 0 Å². The number of carbonyl (C=O) groups excluding carboxylic acids is 1. The van der Waals surface area contributed by atoms with Crippen LogP contribution in [0.25, 0.3) is 21.9 Å². The van der Waals surface area contributed by atoms with E-state index < -0.39 is 6.10 Å². The van der Waals surface area contributed by atoms with Gasteiger partial charge in [0, 0.05) is 30.6 Å². The SMILES string of the molecule is Cc1nc2ccc(CC(=O)N3C[C@@H](Cc4ccnc5ccccc45)[C@@H](O)C3)cc2[nH]1. The summed E-state index contributed by atoms with van der Waals surface area (Å²) in [7, 11) is 0. The van der Waals surface area contributed by atoms with E-state index >= 15 is 0 Å². The van der Waals surface area contributed by atoms with E-state index in [0.29, 0.717) is 19.5 Å². The van der Waals surface area contributed by atoms with Gasteiger partial charge in [0.2, 0.25) is 5.91 Å². The molecule has 2 aromatic heterocycles. The summed E-state index contributed by atoms with van der Waals surface area (Å²) in [6, 6.07) is 15.9. The second-order valence-corrected chi connectivity index (χ2v) is 8.17. The summed E-state index contributed by atoms with van der Waals surface area (Å²) >= 11 is 0. The molecule has 5 rings (SSSR count). The van der Waals surface area contributed by atoms with Gasteiger partial charge in [-0.05, 0) is 48.7 Å². The van der Waals surface area contributed by atoms with Crippen LogP contribution in [0, 0.1) is 12.8 Å². The molecule has 3 heterocycles. The third-order valence-corrected chi connectivity index (χ3v) is 6.00. The number of hydrogen-bond donors (Lipinski definition) is 2. The van der Waals surface area contributed by atoms with Crippen LogP contribution in [-0.4, -0.2) is 50.1 Å². The number of benzene rings is 2. The lowest BCUT2D eigenvalue weighted by atomic mass is 9.94. The summed E-state index contributed by atoms with van der Waals surface area (Å²) in [6.07, 6.45) is 2.35. The maximum atomic E-state index is 12.9. The first-order valence-corrected chi connectivity index (χ1v) is 10.3. The molecule has 1 aliphatic heterocycles. The molecule has 1 fully saturated rings. The van der Waals surface area contributed by atoms with Gasteiger partial charge in [-0.1, -0.05) is 24.3 Å². The van der Waals surface area contributed by atoms with E-state index in [-0.39, 0.29) is 11.8 Å². The van der Waals surface area contributed by atoms with Gasteiger partial charge in [0.25, 0.3) is 0 Å². The van der Waals surface area contributed by atoms with Crippen molar-refractivity contribution < 1.29 is 9.90 Å². The zero-order valence-corrected chi connectivity index (χ0v) is 16.9. The first kappa shape index (κ1) is 18.8. The third-order valence-electron chi connectivity index (χ3n) is 6.00. The van der Waals surface area contributed by atoms with Crippen molar-refractivity contribution in [2.24, 2.45) is 5.92 Å². The smallest absolute Gasteiger partial charge is 0.227 e. The fraction of sp³-hybridized carbons (Fsp3) is 0.292. The first-order valence-electron chi connectivity index (χ1n) is 10.3. The van der Waals surface area contributed by atoms with Gasteiger partial charge < -0.3 is 15.0 Å². The zero-order chi connectivity index (χ0) is 20.7. The fourth-order valence-corrected chi connectivity index (χ4v) is 4.45. The average molecular weight is 400 g/mol. The minimum atomic E-state index is -0.515. The number of aromatic amines is 1. The lowest BCUT2D eigenvalue weighted by molar-refractivity contribution is -0.129. The minimum Gasteiger partial charge on any atom is -0.391 e. The molecule has 1 amide bonds. The van der Waals surface area contributed by atoms with Crippen LogP contribution in [-0.2, 0) is 17.6 Å². The van der Waals surface area contributed by atoms with Crippen molar-refractivity contribution in [2.45, 2.75) is 25.9 Å². The number of fused-ring (bicyclic) bond motifs is 2. The number of para-hydroxylation sites is 1. The van der Waals surface area contributed by atoms with E-state index in [9.17, 15) is 9.90 Å². The predicted octanol–water partition coefficient (Wildman–Crippen LogP) is 3.02. The molecule has 6 nitrogen and oxygen atoms in total. The molecule has 2 atom stereocenters. The summed E-state index contributed by atoms with van der Waals surface area (Å²) in [5, 5.41) is 11.7. The van der Waals surface area contributed by atoms with Crippen LogP contribution in [0.1, 0.15) is 17.0 Å². The highest BCUT2D eigenvalue weighted by Crippen LogP contribution is 2.26. The molecule has 2 aromatic carbocycles. The van der Waals surface area contributed by atoms with Gasteiger partial charge >= 0.3 is 0 Å². The molecule has 0 aliphatic carbocycles. The number of carbonyl (C=O) groups is 1. The monoisotopic (exact) mass is 400 g/mol. The van der Waals surface area contributed by atoms with Gasteiger partial charge in [-0.25, -0.2) is 4.98 Å². The molecule has 0 spiro atoms. The molecule has 6 heteroatoms. The number of pyridine rings is 1. The highest BCUT2D eigenvalue weighted by atomic mass is 16.3. The van der Waals surface area contributed by atoms with Gasteiger partial charge in [-0.15, -0.1) is 0 Å². The van der Waals surface area contributed by atoms with Crippen LogP contribution >= 0.6 is 0 Å². The highest BCUT2D eigenvalue weighted by molar-refractivity contribution is 5.83. The Kier molecular flexibility index (Phi) is 4.71. The number of rotatable bonds is 4. The number of hydrogen-bond acceptors (Lipinski definition) is 4. The minimum absolute atomic E-state index is 0.0255. The molecule has 1 aliphatic rings. The van der Waals surface area contributed by atoms with Gasteiger partial charge in [0.15, 0.2) is 0 Å². The quantitative estimate of drug-likeness (QED) is 0.552. The summed E-state index contributed by atoms with van der Waals surface area (Å²) in [5.74, 6) is 0.937. The summed E-state index contributed by atoms with van der Waals surface area (Å²) in [6.45, 7) is 2.88. The molecule has 4 aromatic rings. The van der Waals surface area contributed by atoms with Gasteiger partial charge in [0.05, 0.1) is 29.1 Å². The normalized spacial score (nSPS) is 19.1. The summed E-state index contributed by atoms with van der Waals surface area (Å²) in [5.41, 5.74) is 4.93. The number of β-amino-alcohol motifs (C(OH)–C–C–N with tert-alkyl or cyclic N) is 1. The topological polar surface area (TPSA) is 82.1 Å². The van der Waals surface area contributed by atoms with E-state index in [1.54, 1.807) is 4.90 Å². The first-order chi connectivity index (χ1) is 14.6. The van der Waals surface area contributed by atoms with Crippen LogP contribution in [0.2, 0.25) is 0 Å². The van der Waals surface area contributed by atoms with E-state index in [1.807, 2.05) is 55.6 Å². The number of aromatic nitrogens is 3. The molecule has 1 saturated heterocycles. The zero-order valence-electron chi connectivity index (χ0n) is 16.9. The standard InChI is InChI=1S/C24H24N4O2/c1-15-26-21-7-6-16(10-22(21)27-15)11-24(30)28-13-18(23(29)14-28)12-17-8-9-25-20-5-3-2-4-19(17)20/h2-10,18,23,29H,11-14H2,1H3,(H,26,27)/t18-,23+/m1/s1. The molecular formula is C24H24N4O2. The Morgan fingerprint density at radius 2 is 2.03 bits per heavy atom. The maximum Gasteiger partial charge on any atom is 0.227 e. The Bertz CT molecular complexity index is 1230. The third kappa shape index (κ3) is 3.55. The molecule has 0 bridgehead atoms. The van der Waals surface area contributed by atoms with E-state index in [0.717, 1.165) is 39.7 Å². The van der Waals surface area contributed by atoms with Gasteiger partial charge in [-0.3, -0.25) is 9.78 Å². The largest absolute Gasteiger partial charge is 0.391 e. The number of H-pyrrole nitrogens is 1. The fourth-order valence-electron chi connectivity index (χ4n) is 4.45. The Balaban J connectivity index is 1.29. The van der Waals surface area contributed by atoms with Crippen LogP contribution in [0.3, 0.4) is 0 Å². The number of imidazole rings is 1. The molecular weight excluding hydrogens is 376 g/mol. The predicted molar refractivity (Wildman–Crippen MR) is 116 cm³/mol. The maximum absolute atomic E-state index is 12.9. The molecule has 0 radical (unpaired) electrons. The second kappa shape index (κ2) is 7.54. The Hall–Kier alpha value is -3.25. The summed E-state index contributed by atoms with van der Waals surface area (Å²) in [4.78, 5) is 26.7. The van der Waals surface area contributed by atoms with Crippen molar-refractivity contribution >= 4 is 27.8 Å². The Labute approximate surface area is 174 Å². The average Bonchev–Trinajstić information content (AvgIpc) is 3.29. The summed E-state index contributed by atoms with van der Waals surface area (Å²) < 4.78 is 0. The highest BCUT2D eigenvalue weighted by Gasteiger charge is 2.34. The van der Waals surface area contributed by atoms with Crippen molar-refractivity contribution in [3.8, 4) is 0 Å². The second-order valence-electron chi connectivity index (χ2n) is 8.17. The van der Waals surface area contributed by atoms with Crippen molar-refractivity contribution in [3.63, 3.8) is 0 Å². The Morgan fingerprint density at radius 1 is 1.17 bits per heavy atom. The van der Waals surface area contributed by atoms with Gasteiger partial charge in [0.1, 0.15) is 5.82 Å². The molecule has 2 N–H and O–H groups in total. The number of likely N-dealkylation sites (tertiary alicyclic amines) is 1. The number of nitrogens with zero attached hydrogens (tertiary/aromatic N) is 3. The van der Waals surface area contributed by atoms with E-state index in [4.69, 9.17) is 0 Å². The number of nitrogens with one attached hydrogen (secondary N) is 1. The van der Waals surface area contributed by atoms with Crippen LogP contribution in [0.4, 0.5) is 0 Å². The number of aryl methyl sites for hydroxylation is 1. The van der Waals surface area contributed by atoms with Crippen LogP contribution in [0.15, 0.2) is 54.7 Å². The lowest BCUT2D eigenvalue weighted by Crippen LogP contribution is -2.31. The number of aliphatic hydroxyl groups is 1. The Morgan fingerprint density at radius 3 is 2.93 bits per heavy atom. The van der Waals surface area contributed by atoms with E-state index in [2.05, 4.69) is 21.0 Å². The van der Waals surface area contributed by atoms with Gasteiger partial charge in [-0.2, -0.15) is 0 Å². The lowest BCUT2D eigenvalue weighted by Gasteiger charge is -2.17. The molecule has 0 unspecified atom stereocenters. The molecule has 152 valence electrons. The number of amides is 1. The van der Waals surface area contributed by atoms with E-state index in [1.165, 1.54) is 5.56 Å². The van der Waals surface area contributed by atoms with Crippen LogP contribution < -0.4 is 0 Å².